The fourth-order valence-electron chi connectivity index (χ4n) is 7.16. The number of aromatic nitrogens is 2. The second-order valence-electron chi connectivity index (χ2n) is 11.4. The van der Waals surface area contributed by atoms with E-state index in [1.54, 1.807) is 0 Å². The minimum absolute atomic E-state index is 0.878. The molecular weight excluding hydrogens is 520 g/mol. The molecule has 0 radical (unpaired) electrons. The molecule has 0 fully saturated rings. The molecule has 0 atom stereocenters. The molecule has 0 N–H and O–H groups in total. The maximum Gasteiger partial charge on any atom is 0.114 e. The van der Waals surface area contributed by atoms with E-state index < -0.39 is 0 Å². The normalized spacial score (nSPS) is 11.9. The van der Waals surface area contributed by atoms with Gasteiger partial charge < -0.3 is 0 Å². The third kappa shape index (κ3) is 3.57. The summed E-state index contributed by atoms with van der Waals surface area (Å²) in [6.07, 6.45) is 0.878. The van der Waals surface area contributed by atoms with Gasteiger partial charge in [-0.25, -0.2) is 4.98 Å². The van der Waals surface area contributed by atoms with Crippen molar-refractivity contribution in [2.75, 3.05) is 0 Å². The van der Waals surface area contributed by atoms with Gasteiger partial charge in [0.15, 0.2) is 0 Å². The lowest BCUT2D eigenvalue weighted by molar-refractivity contribution is 0.908. The van der Waals surface area contributed by atoms with Gasteiger partial charge in [0.1, 0.15) is 5.82 Å². The SMILES string of the molecule is CCc1nc2ccccc2n1-c1ccc(-c2cc3ccc4cccc5c6ccccc6c6ccccc6c(c2)c3c45)cc1. The maximum absolute atomic E-state index is 4.89. The molecule has 8 aromatic carbocycles. The summed E-state index contributed by atoms with van der Waals surface area (Å²) in [4.78, 5) is 4.89. The van der Waals surface area contributed by atoms with Crippen molar-refractivity contribution in [2.45, 2.75) is 13.3 Å². The molecule has 2 heteroatoms. The quantitative estimate of drug-likeness (QED) is 0.201. The highest BCUT2D eigenvalue weighted by molar-refractivity contribution is 6.33. The molecule has 9 aromatic rings. The Bertz CT molecular complexity index is 2530. The summed E-state index contributed by atoms with van der Waals surface area (Å²) < 4.78 is 2.29. The Kier molecular flexibility index (Phi) is 5.21. The summed E-state index contributed by atoms with van der Waals surface area (Å²) in [5.41, 5.74) is 5.76. The van der Waals surface area contributed by atoms with E-state index in [-0.39, 0.29) is 0 Å². The smallest absolute Gasteiger partial charge is 0.114 e. The van der Waals surface area contributed by atoms with E-state index in [9.17, 15) is 0 Å². The number of nitrogens with zero attached hydrogens (tertiary/aromatic N) is 2. The van der Waals surface area contributed by atoms with E-state index >= 15 is 0 Å². The molecule has 0 bridgehead atoms. The Morgan fingerprint density at radius 1 is 0.488 bits per heavy atom. The van der Waals surface area contributed by atoms with Crippen LogP contribution in [-0.4, -0.2) is 9.55 Å². The molecule has 0 unspecified atom stereocenters. The van der Waals surface area contributed by atoms with Crippen LogP contribution in [0.15, 0.2) is 140 Å². The van der Waals surface area contributed by atoms with Gasteiger partial charge in [-0.1, -0.05) is 110 Å². The van der Waals surface area contributed by atoms with Gasteiger partial charge in [0, 0.05) is 12.1 Å². The van der Waals surface area contributed by atoms with E-state index in [1.165, 1.54) is 65.0 Å². The average Bonchev–Trinajstić information content (AvgIpc) is 3.46. The van der Waals surface area contributed by atoms with Crippen LogP contribution in [0, 0.1) is 0 Å². The van der Waals surface area contributed by atoms with Crippen LogP contribution in [0.1, 0.15) is 12.7 Å². The van der Waals surface area contributed by atoms with Gasteiger partial charge in [-0.3, -0.25) is 4.57 Å². The van der Waals surface area contributed by atoms with Crippen molar-refractivity contribution in [1.82, 2.24) is 9.55 Å². The molecule has 1 aromatic heterocycles. The molecule has 43 heavy (non-hydrogen) atoms. The van der Waals surface area contributed by atoms with Gasteiger partial charge in [0.05, 0.1) is 11.0 Å². The fraction of sp³-hybridized carbons (Fsp3) is 0.0488. The molecule has 1 heterocycles. The highest BCUT2D eigenvalue weighted by Gasteiger charge is 2.15. The third-order valence-electron chi connectivity index (χ3n) is 9.09. The Morgan fingerprint density at radius 3 is 1.84 bits per heavy atom. The minimum Gasteiger partial charge on any atom is -0.296 e. The summed E-state index contributed by atoms with van der Waals surface area (Å²) in [6.45, 7) is 2.17. The largest absolute Gasteiger partial charge is 0.296 e. The molecule has 2 nitrogen and oxygen atoms in total. The first kappa shape index (κ1) is 24.2. The zero-order valence-corrected chi connectivity index (χ0v) is 23.9. The number of hydrogen-bond donors (Lipinski definition) is 0. The zero-order valence-electron chi connectivity index (χ0n) is 23.9. The van der Waals surface area contributed by atoms with Crippen LogP contribution in [0.5, 0.6) is 0 Å². The highest BCUT2D eigenvalue weighted by Crippen LogP contribution is 2.42. The summed E-state index contributed by atoms with van der Waals surface area (Å²) in [7, 11) is 0. The van der Waals surface area contributed by atoms with E-state index in [1.807, 2.05) is 0 Å². The number of benzene rings is 7. The summed E-state index contributed by atoms with van der Waals surface area (Å²) in [5, 5.41) is 12.9. The van der Waals surface area contributed by atoms with Gasteiger partial charge in [0.2, 0.25) is 0 Å². The van der Waals surface area contributed by atoms with Crippen LogP contribution in [0.2, 0.25) is 0 Å². The Labute approximate surface area is 249 Å². The van der Waals surface area contributed by atoms with Crippen molar-refractivity contribution in [3.05, 3.63) is 145 Å². The van der Waals surface area contributed by atoms with Crippen LogP contribution >= 0.6 is 0 Å². The predicted octanol–water partition coefficient (Wildman–Crippen LogP) is 11.0. The monoisotopic (exact) mass is 548 g/mol. The van der Waals surface area contributed by atoms with Crippen molar-refractivity contribution in [3.63, 3.8) is 0 Å². The number of aryl methyl sites for hydroxylation is 1. The maximum atomic E-state index is 4.89. The molecule has 0 saturated heterocycles. The van der Waals surface area contributed by atoms with Gasteiger partial charge >= 0.3 is 0 Å². The summed E-state index contributed by atoms with van der Waals surface area (Å²) in [5.74, 6) is 1.08. The van der Waals surface area contributed by atoms with Crippen molar-refractivity contribution in [2.24, 2.45) is 0 Å². The van der Waals surface area contributed by atoms with Gasteiger partial charge in [0.25, 0.3) is 0 Å². The Balaban J connectivity index is 1.34. The molecule has 202 valence electrons. The highest BCUT2D eigenvalue weighted by atomic mass is 15.1. The molecular formula is C41H28N2. The molecule has 0 aliphatic carbocycles. The number of fused-ring (bicyclic) bond motifs is 6. The topological polar surface area (TPSA) is 17.8 Å². The molecule has 0 aliphatic rings. The van der Waals surface area contributed by atoms with E-state index in [2.05, 4.69) is 151 Å². The lowest BCUT2D eigenvalue weighted by Crippen LogP contribution is -1.99. The average molecular weight is 549 g/mol. The molecule has 9 rings (SSSR count). The summed E-state index contributed by atoms with van der Waals surface area (Å²) in [6, 6.07) is 51.2. The van der Waals surface area contributed by atoms with Gasteiger partial charge in [-0.15, -0.1) is 0 Å². The van der Waals surface area contributed by atoms with Crippen LogP contribution < -0.4 is 0 Å². The minimum atomic E-state index is 0.878. The Hall–Kier alpha value is -5.47. The number of hydrogen-bond acceptors (Lipinski definition) is 1. The lowest BCUT2D eigenvalue weighted by atomic mass is 9.88. The number of rotatable bonds is 3. The van der Waals surface area contributed by atoms with E-state index in [4.69, 9.17) is 4.98 Å². The predicted molar refractivity (Wildman–Crippen MR) is 183 cm³/mol. The van der Waals surface area contributed by atoms with Crippen LogP contribution in [-0.2, 0) is 6.42 Å². The lowest BCUT2D eigenvalue weighted by Gasteiger charge is -2.15. The van der Waals surface area contributed by atoms with Crippen LogP contribution in [0.4, 0.5) is 0 Å². The van der Waals surface area contributed by atoms with E-state index in [0.717, 1.165) is 29.0 Å². The Morgan fingerprint density at radius 2 is 1.09 bits per heavy atom. The van der Waals surface area contributed by atoms with Crippen LogP contribution in [0.25, 0.3) is 81.7 Å². The second kappa shape index (κ2) is 9.27. The second-order valence-corrected chi connectivity index (χ2v) is 11.4. The molecule has 0 amide bonds. The standard InChI is InChI=1S/C41H28N2/c1-2-39-42-37-16-7-8-17-38(37)43(39)30-22-20-26(21-23-30)29-24-28-19-18-27-10-9-15-35-33-13-5-3-11-31(33)32-12-4-6-14-34(32)36(25-29)41(28)40(27)35/h3-25H,2H2,1H3. The zero-order chi connectivity index (χ0) is 28.5. The van der Waals surface area contributed by atoms with Crippen molar-refractivity contribution in [3.8, 4) is 16.8 Å². The fourth-order valence-corrected chi connectivity index (χ4v) is 7.16. The molecule has 0 aliphatic heterocycles. The van der Waals surface area contributed by atoms with Gasteiger partial charge in [-0.05, 0) is 101 Å². The first-order valence-electron chi connectivity index (χ1n) is 15.0. The van der Waals surface area contributed by atoms with Gasteiger partial charge in [-0.2, -0.15) is 0 Å². The van der Waals surface area contributed by atoms with Crippen LogP contribution in [0.3, 0.4) is 0 Å². The number of para-hydroxylation sites is 2. The number of imidazole rings is 1. The first-order valence-corrected chi connectivity index (χ1v) is 15.0. The van der Waals surface area contributed by atoms with Crippen molar-refractivity contribution >= 4 is 64.9 Å². The van der Waals surface area contributed by atoms with E-state index in [0.29, 0.717) is 0 Å². The molecule has 0 saturated carbocycles. The molecule has 0 spiro atoms. The van der Waals surface area contributed by atoms with Crippen molar-refractivity contribution < 1.29 is 0 Å². The first-order chi connectivity index (χ1) is 21.3. The third-order valence-corrected chi connectivity index (χ3v) is 9.09. The summed E-state index contributed by atoms with van der Waals surface area (Å²) >= 11 is 0. The van der Waals surface area contributed by atoms with Crippen molar-refractivity contribution in [1.29, 1.82) is 0 Å².